The maximum atomic E-state index is 5.78. The molecule has 2 aromatic carbocycles. The largest absolute Gasteiger partial charge is 0.425 e. The monoisotopic (exact) mass is 478 g/mol. The van der Waals surface area contributed by atoms with Crippen LogP contribution >= 0.6 is 45.2 Å². The van der Waals surface area contributed by atoms with Gasteiger partial charge in [0.1, 0.15) is 11.5 Å². The molecule has 0 atom stereocenters. The Morgan fingerprint density at radius 1 is 0.842 bits per heavy atom. The molecule has 0 aliphatic heterocycles. The molecule has 0 saturated heterocycles. The number of allylic oxidation sites excluding steroid dienone is 1. The van der Waals surface area contributed by atoms with Gasteiger partial charge >= 0.3 is 0 Å². The minimum Gasteiger partial charge on any atom is -0.425 e. The van der Waals surface area contributed by atoms with Gasteiger partial charge in [-0.1, -0.05) is 24.3 Å². The molecule has 0 aliphatic carbocycles. The SMILES string of the molecule is CC=C(Oc1ccccc1I)Oc1ccccc1I. The van der Waals surface area contributed by atoms with E-state index in [9.17, 15) is 0 Å². The molecule has 19 heavy (non-hydrogen) atoms. The first-order valence-electron chi connectivity index (χ1n) is 5.72. The number of ether oxygens (including phenoxy) is 2. The van der Waals surface area contributed by atoms with Crippen molar-refractivity contribution in [2.45, 2.75) is 6.92 Å². The maximum Gasteiger partial charge on any atom is 0.285 e. The number of rotatable bonds is 4. The van der Waals surface area contributed by atoms with E-state index in [1.807, 2.05) is 61.5 Å². The van der Waals surface area contributed by atoms with Gasteiger partial charge in [-0.2, -0.15) is 0 Å². The second kappa shape index (κ2) is 7.14. The Balaban J connectivity index is 2.15. The number of halogens is 2. The standard InChI is InChI=1S/C15H12I2O2/c1-2-15(18-13-9-5-3-7-11(13)16)19-14-10-6-4-8-12(14)17/h2-10H,1H3. The molecule has 98 valence electrons. The van der Waals surface area contributed by atoms with Crippen LogP contribution in [0, 0.1) is 7.14 Å². The van der Waals surface area contributed by atoms with E-state index in [1.165, 1.54) is 0 Å². The molecule has 0 saturated carbocycles. The van der Waals surface area contributed by atoms with Crippen molar-refractivity contribution in [2.75, 3.05) is 0 Å². The fraction of sp³-hybridized carbons (Fsp3) is 0.0667. The average molecular weight is 478 g/mol. The summed E-state index contributed by atoms with van der Waals surface area (Å²) in [6.07, 6.45) is 1.81. The fourth-order valence-electron chi connectivity index (χ4n) is 1.41. The van der Waals surface area contributed by atoms with E-state index in [-0.39, 0.29) is 0 Å². The van der Waals surface area contributed by atoms with E-state index >= 15 is 0 Å². The van der Waals surface area contributed by atoms with Crippen molar-refractivity contribution in [2.24, 2.45) is 0 Å². The number of para-hydroxylation sites is 2. The maximum absolute atomic E-state index is 5.78. The molecule has 0 N–H and O–H groups in total. The van der Waals surface area contributed by atoms with Gasteiger partial charge in [-0.3, -0.25) is 0 Å². The van der Waals surface area contributed by atoms with E-state index in [1.54, 1.807) is 0 Å². The van der Waals surface area contributed by atoms with Crippen molar-refractivity contribution in [1.82, 2.24) is 0 Å². The van der Waals surface area contributed by atoms with Crippen LogP contribution in [-0.2, 0) is 0 Å². The van der Waals surface area contributed by atoms with Gasteiger partial charge < -0.3 is 9.47 Å². The topological polar surface area (TPSA) is 18.5 Å². The summed E-state index contributed by atoms with van der Waals surface area (Å²) in [6.45, 7) is 1.89. The normalized spacial score (nSPS) is 9.84. The van der Waals surface area contributed by atoms with Crippen LogP contribution in [0.2, 0.25) is 0 Å². The van der Waals surface area contributed by atoms with E-state index < -0.39 is 0 Å². The van der Waals surface area contributed by atoms with Gasteiger partial charge in [0.05, 0.1) is 7.14 Å². The summed E-state index contributed by atoms with van der Waals surface area (Å²) in [6, 6.07) is 15.7. The van der Waals surface area contributed by atoms with Crippen LogP contribution in [0.25, 0.3) is 0 Å². The number of hydrogen-bond donors (Lipinski definition) is 0. The summed E-state index contributed by atoms with van der Waals surface area (Å²) >= 11 is 4.48. The van der Waals surface area contributed by atoms with Gasteiger partial charge in [0, 0.05) is 0 Å². The number of benzene rings is 2. The Morgan fingerprint density at radius 3 is 1.63 bits per heavy atom. The molecule has 0 heterocycles. The van der Waals surface area contributed by atoms with Gasteiger partial charge in [0.15, 0.2) is 0 Å². The van der Waals surface area contributed by atoms with Crippen molar-refractivity contribution in [3.8, 4) is 11.5 Å². The first-order chi connectivity index (χ1) is 9.20. The Labute approximate surface area is 140 Å². The fourth-order valence-corrected chi connectivity index (χ4v) is 2.41. The molecular formula is C15H12I2O2. The molecule has 2 rings (SSSR count). The van der Waals surface area contributed by atoms with Gasteiger partial charge in [0.2, 0.25) is 0 Å². The molecule has 2 nitrogen and oxygen atoms in total. The van der Waals surface area contributed by atoms with Crippen LogP contribution in [0.4, 0.5) is 0 Å². The highest BCUT2D eigenvalue weighted by molar-refractivity contribution is 14.1. The molecule has 0 unspecified atom stereocenters. The molecule has 0 radical (unpaired) electrons. The lowest BCUT2D eigenvalue weighted by molar-refractivity contribution is 0.223. The Bertz CT molecular complexity index is 545. The molecule has 0 fully saturated rings. The van der Waals surface area contributed by atoms with Crippen molar-refractivity contribution < 1.29 is 9.47 Å². The molecule has 0 spiro atoms. The van der Waals surface area contributed by atoms with E-state index in [0.29, 0.717) is 5.95 Å². The van der Waals surface area contributed by atoms with Crippen molar-refractivity contribution in [1.29, 1.82) is 0 Å². The van der Waals surface area contributed by atoms with Gasteiger partial charge in [-0.05, 0) is 82.4 Å². The van der Waals surface area contributed by atoms with Crippen molar-refractivity contribution in [3.05, 3.63) is 67.7 Å². The average Bonchev–Trinajstić information content (AvgIpc) is 2.42. The molecular weight excluding hydrogens is 466 g/mol. The summed E-state index contributed by atoms with van der Waals surface area (Å²) in [4.78, 5) is 0. The van der Waals surface area contributed by atoms with E-state index in [2.05, 4.69) is 45.2 Å². The van der Waals surface area contributed by atoms with Crippen LogP contribution < -0.4 is 9.47 Å². The molecule has 0 aliphatic rings. The van der Waals surface area contributed by atoms with E-state index in [4.69, 9.17) is 9.47 Å². The Hall–Kier alpha value is -0.760. The third-order valence-corrected chi connectivity index (χ3v) is 4.11. The quantitative estimate of drug-likeness (QED) is 0.444. The zero-order chi connectivity index (χ0) is 13.7. The Morgan fingerprint density at radius 2 is 1.26 bits per heavy atom. The lowest BCUT2D eigenvalue weighted by Crippen LogP contribution is -2.05. The molecule has 0 aromatic heterocycles. The van der Waals surface area contributed by atoms with Gasteiger partial charge in [-0.15, -0.1) is 0 Å². The summed E-state index contributed by atoms with van der Waals surface area (Å²) < 4.78 is 13.7. The molecule has 0 bridgehead atoms. The summed E-state index contributed by atoms with van der Waals surface area (Å²) in [5.74, 6) is 2.07. The minimum absolute atomic E-state index is 0.480. The van der Waals surface area contributed by atoms with Gasteiger partial charge in [-0.25, -0.2) is 0 Å². The predicted molar refractivity (Wildman–Crippen MR) is 93.3 cm³/mol. The zero-order valence-electron chi connectivity index (χ0n) is 10.3. The summed E-state index contributed by atoms with van der Waals surface area (Å²) in [7, 11) is 0. The highest BCUT2D eigenvalue weighted by Gasteiger charge is 2.07. The molecule has 2 aromatic rings. The van der Waals surface area contributed by atoms with Gasteiger partial charge in [0.25, 0.3) is 5.95 Å². The lowest BCUT2D eigenvalue weighted by Gasteiger charge is -2.13. The summed E-state index contributed by atoms with van der Waals surface area (Å²) in [5, 5.41) is 0. The smallest absolute Gasteiger partial charge is 0.285 e. The van der Waals surface area contributed by atoms with Crippen molar-refractivity contribution in [3.63, 3.8) is 0 Å². The first kappa shape index (κ1) is 14.6. The third kappa shape index (κ3) is 4.10. The van der Waals surface area contributed by atoms with E-state index in [0.717, 1.165) is 18.6 Å². The first-order valence-corrected chi connectivity index (χ1v) is 7.87. The van der Waals surface area contributed by atoms with Crippen LogP contribution in [0.15, 0.2) is 60.6 Å². The molecule has 0 amide bonds. The minimum atomic E-state index is 0.480. The highest BCUT2D eigenvalue weighted by Crippen LogP contribution is 2.25. The van der Waals surface area contributed by atoms with Crippen LogP contribution in [0.5, 0.6) is 11.5 Å². The zero-order valence-corrected chi connectivity index (χ0v) is 14.6. The lowest BCUT2D eigenvalue weighted by atomic mass is 10.3. The second-order valence-corrected chi connectivity index (χ2v) is 6.00. The van der Waals surface area contributed by atoms with Crippen molar-refractivity contribution >= 4 is 45.2 Å². The van der Waals surface area contributed by atoms with Crippen LogP contribution in [-0.4, -0.2) is 0 Å². The Kier molecular flexibility index (Phi) is 5.50. The number of hydrogen-bond acceptors (Lipinski definition) is 2. The second-order valence-electron chi connectivity index (χ2n) is 3.67. The van der Waals surface area contributed by atoms with Crippen LogP contribution in [0.1, 0.15) is 6.92 Å². The predicted octanol–water partition coefficient (Wildman–Crippen LogP) is 5.21. The summed E-state index contributed by atoms with van der Waals surface area (Å²) in [5.41, 5.74) is 0. The van der Waals surface area contributed by atoms with Crippen LogP contribution in [0.3, 0.4) is 0 Å². The third-order valence-electron chi connectivity index (χ3n) is 2.33. The molecule has 4 heteroatoms. The highest BCUT2D eigenvalue weighted by atomic mass is 127.